The molecule has 1 aliphatic heterocycles. The smallest absolute Gasteiger partial charge is 0.290 e. The van der Waals surface area contributed by atoms with Gasteiger partial charge in [0.1, 0.15) is 0 Å². The highest BCUT2D eigenvalue weighted by molar-refractivity contribution is 5.95. The van der Waals surface area contributed by atoms with Crippen molar-refractivity contribution >= 4 is 18.3 Å². The van der Waals surface area contributed by atoms with E-state index in [-0.39, 0.29) is 18.3 Å². The summed E-state index contributed by atoms with van der Waals surface area (Å²) in [5.74, 6) is -0.212. The van der Waals surface area contributed by atoms with E-state index in [0.29, 0.717) is 18.5 Å². The predicted octanol–water partition coefficient (Wildman–Crippen LogP) is 1.61. The highest BCUT2D eigenvalue weighted by Crippen LogP contribution is 2.10. The molecule has 0 aromatic heterocycles. The van der Waals surface area contributed by atoms with Crippen molar-refractivity contribution in [1.29, 1.82) is 0 Å². The number of hydrogen-bond acceptors (Lipinski definition) is 3. The molecule has 1 aromatic rings. The van der Waals surface area contributed by atoms with E-state index >= 15 is 0 Å². The van der Waals surface area contributed by atoms with Gasteiger partial charge in [0, 0.05) is 18.5 Å². The van der Waals surface area contributed by atoms with Crippen LogP contribution in [0.15, 0.2) is 24.3 Å². The van der Waals surface area contributed by atoms with Crippen molar-refractivity contribution in [2.24, 2.45) is 0 Å². The Hall–Kier alpha value is -2.37. The van der Waals surface area contributed by atoms with Crippen molar-refractivity contribution < 1.29 is 19.5 Å². The number of carbonyl (C=O) groups is 3. The van der Waals surface area contributed by atoms with Crippen LogP contribution in [-0.2, 0) is 16.0 Å². The second-order valence-electron chi connectivity index (χ2n) is 4.65. The van der Waals surface area contributed by atoms with Gasteiger partial charge in [-0.05, 0) is 30.5 Å². The number of amides is 2. The summed E-state index contributed by atoms with van der Waals surface area (Å²) in [5, 5.41) is 8.30. The topological polar surface area (TPSA) is 86.7 Å². The average Bonchev–Trinajstić information content (AvgIpc) is 2.86. The first kappa shape index (κ1) is 16.7. The van der Waals surface area contributed by atoms with E-state index in [2.05, 4.69) is 12.3 Å². The van der Waals surface area contributed by atoms with Gasteiger partial charge in [0.05, 0.1) is 0 Å². The SMILES string of the molecule is CCCc1cccc(C(=O)NN2CCCC2=O)c1.O=CO. The van der Waals surface area contributed by atoms with E-state index in [9.17, 15) is 9.59 Å². The van der Waals surface area contributed by atoms with Gasteiger partial charge in [0.2, 0.25) is 5.91 Å². The minimum absolute atomic E-state index is 0.00642. The summed E-state index contributed by atoms with van der Waals surface area (Å²) in [6.07, 6.45) is 3.35. The molecule has 6 heteroatoms. The Morgan fingerprint density at radius 1 is 1.48 bits per heavy atom. The number of nitrogens with one attached hydrogen (secondary N) is 1. The summed E-state index contributed by atoms with van der Waals surface area (Å²) in [6.45, 7) is 2.47. The van der Waals surface area contributed by atoms with Gasteiger partial charge < -0.3 is 5.11 Å². The molecule has 2 amide bonds. The molecular formula is C15H20N2O4. The third-order valence-electron chi connectivity index (χ3n) is 3.04. The van der Waals surface area contributed by atoms with Crippen LogP contribution < -0.4 is 5.43 Å². The highest BCUT2D eigenvalue weighted by Gasteiger charge is 2.22. The fourth-order valence-corrected chi connectivity index (χ4v) is 2.11. The van der Waals surface area contributed by atoms with Crippen LogP contribution in [-0.4, -0.2) is 34.9 Å². The van der Waals surface area contributed by atoms with Crippen LogP contribution in [0, 0.1) is 0 Å². The first-order valence-electron chi connectivity index (χ1n) is 6.90. The fraction of sp³-hybridized carbons (Fsp3) is 0.400. The Kier molecular flexibility index (Phi) is 6.94. The summed E-state index contributed by atoms with van der Waals surface area (Å²) in [5.41, 5.74) is 4.42. The third kappa shape index (κ3) is 5.25. The molecule has 1 aliphatic rings. The van der Waals surface area contributed by atoms with Crippen molar-refractivity contribution in [3.05, 3.63) is 35.4 Å². The quantitative estimate of drug-likeness (QED) is 0.825. The van der Waals surface area contributed by atoms with Crippen molar-refractivity contribution in [2.75, 3.05) is 6.54 Å². The third-order valence-corrected chi connectivity index (χ3v) is 3.04. The first-order valence-corrected chi connectivity index (χ1v) is 6.90. The number of nitrogens with zero attached hydrogens (tertiary/aromatic N) is 1. The summed E-state index contributed by atoms with van der Waals surface area (Å²) >= 11 is 0. The summed E-state index contributed by atoms with van der Waals surface area (Å²) in [6, 6.07) is 7.56. The molecule has 0 unspecified atom stereocenters. The Balaban J connectivity index is 0.000000677. The minimum Gasteiger partial charge on any atom is -0.483 e. The Morgan fingerprint density at radius 2 is 2.19 bits per heavy atom. The summed E-state index contributed by atoms with van der Waals surface area (Å²) < 4.78 is 0. The van der Waals surface area contributed by atoms with Crippen LogP contribution in [0.5, 0.6) is 0 Å². The van der Waals surface area contributed by atoms with Crippen LogP contribution in [0.25, 0.3) is 0 Å². The molecule has 0 bridgehead atoms. The molecule has 6 nitrogen and oxygen atoms in total. The number of hydrogen-bond donors (Lipinski definition) is 2. The number of aryl methyl sites for hydroxylation is 1. The van der Waals surface area contributed by atoms with E-state index in [1.807, 2.05) is 18.2 Å². The molecule has 1 aromatic carbocycles. The maximum Gasteiger partial charge on any atom is 0.290 e. The molecule has 1 heterocycles. The van der Waals surface area contributed by atoms with Gasteiger partial charge >= 0.3 is 0 Å². The fourth-order valence-electron chi connectivity index (χ4n) is 2.11. The van der Waals surface area contributed by atoms with Gasteiger partial charge in [-0.15, -0.1) is 0 Å². The van der Waals surface area contributed by atoms with Gasteiger partial charge in [-0.25, -0.2) is 0 Å². The molecule has 2 N–H and O–H groups in total. The van der Waals surface area contributed by atoms with Crippen molar-refractivity contribution in [3.63, 3.8) is 0 Å². The van der Waals surface area contributed by atoms with Gasteiger partial charge in [-0.3, -0.25) is 24.8 Å². The molecule has 2 rings (SSSR count). The molecule has 114 valence electrons. The number of carbonyl (C=O) groups excluding carboxylic acids is 2. The lowest BCUT2D eigenvalue weighted by atomic mass is 10.1. The molecule has 0 spiro atoms. The predicted molar refractivity (Wildman–Crippen MR) is 77.5 cm³/mol. The molecule has 0 saturated carbocycles. The van der Waals surface area contributed by atoms with Crippen molar-refractivity contribution in [3.8, 4) is 0 Å². The van der Waals surface area contributed by atoms with Gasteiger partial charge in [-0.1, -0.05) is 25.5 Å². The molecule has 1 saturated heterocycles. The Labute approximate surface area is 123 Å². The lowest BCUT2D eigenvalue weighted by Gasteiger charge is -2.16. The second-order valence-corrected chi connectivity index (χ2v) is 4.65. The molecular weight excluding hydrogens is 272 g/mol. The molecule has 0 aliphatic carbocycles. The van der Waals surface area contributed by atoms with Gasteiger partial charge in [0.25, 0.3) is 12.4 Å². The van der Waals surface area contributed by atoms with Gasteiger partial charge in [0.15, 0.2) is 0 Å². The number of rotatable bonds is 4. The zero-order valence-corrected chi connectivity index (χ0v) is 12.0. The maximum absolute atomic E-state index is 12.0. The number of benzene rings is 1. The average molecular weight is 292 g/mol. The minimum atomic E-state index is -0.250. The zero-order chi connectivity index (χ0) is 15.7. The molecule has 1 fully saturated rings. The van der Waals surface area contributed by atoms with E-state index < -0.39 is 0 Å². The lowest BCUT2D eigenvalue weighted by Crippen LogP contribution is -2.42. The van der Waals surface area contributed by atoms with Gasteiger partial charge in [-0.2, -0.15) is 0 Å². The van der Waals surface area contributed by atoms with Crippen molar-refractivity contribution in [1.82, 2.24) is 10.4 Å². The van der Waals surface area contributed by atoms with Crippen LogP contribution in [0.2, 0.25) is 0 Å². The molecule has 0 atom stereocenters. The van der Waals surface area contributed by atoms with E-state index in [1.54, 1.807) is 6.07 Å². The van der Waals surface area contributed by atoms with Crippen LogP contribution in [0.4, 0.5) is 0 Å². The molecule has 21 heavy (non-hydrogen) atoms. The maximum atomic E-state index is 12.0. The second kappa shape index (κ2) is 8.73. The zero-order valence-electron chi connectivity index (χ0n) is 12.0. The number of carboxylic acid groups (broad SMARTS) is 1. The lowest BCUT2D eigenvalue weighted by molar-refractivity contribution is -0.129. The van der Waals surface area contributed by atoms with Crippen LogP contribution in [0.1, 0.15) is 42.1 Å². The Morgan fingerprint density at radius 3 is 2.76 bits per heavy atom. The first-order chi connectivity index (χ1) is 10.1. The van der Waals surface area contributed by atoms with Crippen LogP contribution in [0.3, 0.4) is 0 Å². The van der Waals surface area contributed by atoms with Crippen molar-refractivity contribution in [2.45, 2.75) is 32.6 Å². The Bertz CT molecular complexity index is 502. The normalized spacial score (nSPS) is 13.4. The standard InChI is InChI=1S/C14H18N2O2.CH2O2/c1-2-5-11-6-3-7-12(10-11)14(18)15-16-9-4-8-13(16)17;2-1-3/h3,6-7,10H,2,4-5,8-9H2,1H3,(H,15,18);1H,(H,2,3). The highest BCUT2D eigenvalue weighted by atomic mass is 16.3. The van der Waals surface area contributed by atoms with E-state index in [0.717, 1.165) is 24.8 Å². The summed E-state index contributed by atoms with van der Waals surface area (Å²) in [4.78, 5) is 31.8. The van der Waals surface area contributed by atoms with E-state index in [1.165, 1.54) is 5.01 Å². The van der Waals surface area contributed by atoms with Crippen LogP contribution >= 0.6 is 0 Å². The van der Waals surface area contributed by atoms with E-state index in [4.69, 9.17) is 9.90 Å². The largest absolute Gasteiger partial charge is 0.483 e. The monoisotopic (exact) mass is 292 g/mol. The summed E-state index contributed by atoms with van der Waals surface area (Å²) in [7, 11) is 0. The number of hydrazine groups is 1. The molecule has 0 radical (unpaired) electrons.